The molecule has 0 radical (unpaired) electrons. The van der Waals surface area contributed by atoms with Gasteiger partial charge in [-0.1, -0.05) is 60.7 Å². The quantitative estimate of drug-likeness (QED) is 0.728. The van der Waals surface area contributed by atoms with Crippen LogP contribution in [0.5, 0.6) is 0 Å². The van der Waals surface area contributed by atoms with Gasteiger partial charge in [-0.25, -0.2) is 0 Å². The summed E-state index contributed by atoms with van der Waals surface area (Å²) in [5, 5.41) is 0. The minimum atomic E-state index is 0.484. The zero-order valence-corrected chi connectivity index (χ0v) is 11.8. The van der Waals surface area contributed by atoms with E-state index in [-0.39, 0.29) is 0 Å². The predicted octanol–water partition coefficient (Wildman–Crippen LogP) is 2.59. The monoisotopic (exact) mass is 239 g/mol. The zero-order valence-electron chi connectivity index (χ0n) is 11.8. The molecule has 0 aliphatic carbocycles. The van der Waals surface area contributed by atoms with Gasteiger partial charge in [-0.15, -0.1) is 0 Å². The molecule has 0 saturated carbocycles. The van der Waals surface area contributed by atoms with Crippen LogP contribution in [0.2, 0.25) is 0 Å². The Morgan fingerprint density at radius 2 is 1.00 bits per heavy atom. The fraction of sp³-hybridized carbons (Fsp3) is 0.250. The van der Waals surface area contributed by atoms with E-state index >= 15 is 0 Å². The van der Waals surface area contributed by atoms with Crippen molar-refractivity contribution in [1.29, 1.82) is 0 Å². The van der Waals surface area contributed by atoms with Crippen LogP contribution in [0.3, 0.4) is 0 Å². The maximum Gasteiger partial charge on any atom is 0.116 e. The van der Waals surface area contributed by atoms with Crippen molar-refractivity contribution in [2.45, 2.75) is 5.82 Å². The van der Waals surface area contributed by atoms with Crippen LogP contribution in [0.1, 0.15) is 16.9 Å². The van der Waals surface area contributed by atoms with E-state index in [4.69, 9.17) is 0 Å². The summed E-state index contributed by atoms with van der Waals surface area (Å²) >= 11 is 0. The van der Waals surface area contributed by atoms with Crippen LogP contribution in [0, 0.1) is 0 Å². The van der Waals surface area contributed by atoms with Crippen LogP contribution in [0.15, 0.2) is 60.7 Å². The Hall–Kier alpha value is -1.54. The number of hydrogen-bond acceptors (Lipinski definition) is 1. The Balaban J connectivity index is 0.000000357. The largest absolute Gasteiger partial charge is 0.312 e. The van der Waals surface area contributed by atoms with Gasteiger partial charge in [-0.3, -0.25) is 0 Å². The number of nitrogens with zero attached hydrogens (tertiary/aromatic N) is 1. The highest BCUT2D eigenvalue weighted by Crippen LogP contribution is 2.20. The van der Waals surface area contributed by atoms with Gasteiger partial charge in [0.05, 0.1) is 0 Å². The smallest absolute Gasteiger partial charge is 0.116 e. The summed E-state index contributed by atoms with van der Waals surface area (Å²) in [6.45, 7) is 0. The minimum Gasteiger partial charge on any atom is -0.312 e. The molecule has 0 fully saturated rings. The van der Waals surface area contributed by atoms with Gasteiger partial charge in [0.25, 0.3) is 0 Å². The fourth-order valence-electron chi connectivity index (χ4n) is 1.68. The molecule has 0 spiro atoms. The molecule has 2 aromatic carbocycles. The predicted molar refractivity (Wildman–Crippen MR) is 82.9 cm³/mol. The van der Waals surface area contributed by atoms with E-state index in [2.05, 4.69) is 68.5 Å². The lowest BCUT2D eigenvalue weighted by atomic mass is 9.76. The molecule has 0 saturated heterocycles. The van der Waals surface area contributed by atoms with E-state index in [1.807, 2.05) is 26.0 Å². The Kier molecular flexibility index (Phi) is 6.23. The SMILES string of the molecule is BC(c1ccccc1)c1ccccc1.CN(C)C. The van der Waals surface area contributed by atoms with Gasteiger partial charge in [0.15, 0.2) is 0 Å². The molecule has 2 aromatic rings. The normalized spacial score (nSPS) is 10.1. The second kappa shape index (κ2) is 7.73. The molecule has 0 aromatic heterocycles. The molecular formula is C16H22BN. The summed E-state index contributed by atoms with van der Waals surface area (Å²) in [5.74, 6) is 0.484. The van der Waals surface area contributed by atoms with Crippen LogP contribution in [0.25, 0.3) is 0 Å². The Morgan fingerprint density at radius 1 is 0.722 bits per heavy atom. The molecule has 0 bridgehead atoms. The molecule has 0 aliphatic heterocycles. The lowest BCUT2D eigenvalue weighted by Crippen LogP contribution is -1.99. The van der Waals surface area contributed by atoms with Crippen LogP contribution >= 0.6 is 0 Å². The minimum absolute atomic E-state index is 0.484. The lowest BCUT2D eigenvalue weighted by Gasteiger charge is -2.11. The zero-order chi connectivity index (χ0) is 13.4. The Morgan fingerprint density at radius 3 is 1.28 bits per heavy atom. The average molecular weight is 239 g/mol. The summed E-state index contributed by atoms with van der Waals surface area (Å²) in [4.78, 5) is 2.00. The van der Waals surface area contributed by atoms with Crippen molar-refractivity contribution in [2.24, 2.45) is 0 Å². The first-order valence-electron chi connectivity index (χ1n) is 6.32. The molecule has 2 heteroatoms. The van der Waals surface area contributed by atoms with Gasteiger partial charge < -0.3 is 4.90 Å². The van der Waals surface area contributed by atoms with E-state index in [1.165, 1.54) is 11.1 Å². The number of hydrogen-bond donors (Lipinski definition) is 0. The van der Waals surface area contributed by atoms with Crippen molar-refractivity contribution >= 4 is 7.85 Å². The van der Waals surface area contributed by atoms with E-state index in [1.54, 1.807) is 0 Å². The molecule has 2 rings (SSSR count). The number of benzene rings is 2. The molecule has 0 aliphatic rings. The molecule has 18 heavy (non-hydrogen) atoms. The highest BCUT2D eigenvalue weighted by Gasteiger charge is 2.05. The van der Waals surface area contributed by atoms with Crippen LogP contribution in [-0.2, 0) is 0 Å². The van der Waals surface area contributed by atoms with Gasteiger partial charge in [0.1, 0.15) is 7.85 Å². The van der Waals surface area contributed by atoms with Crippen molar-refractivity contribution in [2.75, 3.05) is 21.1 Å². The molecule has 0 atom stereocenters. The van der Waals surface area contributed by atoms with E-state index in [0.29, 0.717) is 5.82 Å². The molecule has 0 unspecified atom stereocenters. The maximum atomic E-state index is 2.24. The summed E-state index contributed by atoms with van der Waals surface area (Å²) in [6, 6.07) is 21.2. The van der Waals surface area contributed by atoms with Gasteiger partial charge in [-0.05, 0) is 38.1 Å². The third kappa shape index (κ3) is 5.20. The first-order valence-corrected chi connectivity index (χ1v) is 6.32. The second-order valence-electron chi connectivity index (χ2n) is 4.88. The molecular weight excluding hydrogens is 217 g/mol. The second-order valence-corrected chi connectivity index (χ2v) is 4.88. The fourth-order valence-corrected chi connectivity index (χ4v) is 1.68. The molecule has 1 nitrogen and oxygen atoms in total. The highest BCUT2D eigenvalue weighted by molar-refractivity contribution is 6.14. The summed E-state index contributed by atoms with van der Waals surface area (Å²) in [7, 11) is 8.24. The summed E-state index contributed by atoms with van der Waals surface area (Å²) in [6.07, 6.45) is 0. The number of rotatable bonds is 2. The van der Waals surface area contributed by atoms with Crippen molar-refractivity contribution in [1.82, 2.24) is 4.90 Å². The molecule has 0 N–H and O–H groups in total. The highest BCUT2D eigenvalue weighted by atomic mass is 15.0. The maximum absolute atomic E-state index is 2.24. The third-order valence-corrected chi connectivity index (χ3v) is 2.60. The van der Waals surface area contributed by atoms with Crippen LogP contribution in [-0.4, -0.2) is 33.9 Å². The van der Waals surface area contributed by atoms with Crippen molar-refractivity contribution < 1.29 is 0 Å². The van der Waals surface area contributed by atoms with Crippen molar-refractivity contribution in [3.05, 3.63) is 71.8 Å². The molecule has 0 heterocycles. The van der Waals surface area contributed by atoms with E-state index in [9.17, 15) is 0 Å². The average Bonchev–Trinajstić information content (AvgIpc) is 2.39. The topological polar surface area (TPSA) is 3.24 Å². The van der Waals surface area contributed by atoms with E-state index in [0.717, 1.165) is 0 Å². The van der Waals surface area contributed by atoms with Gasteiger partial charge in [0, 0.05) is 0 Å². The van der Waals surface area contributed by atoms with E-state index < -0.39 is 0 Å². The van der Waals surface area contributed by atoms with Crippen molar-refractivity contribution in [3.8, 4) is 0 Å². The molecule has 94 valence electrons. The molecule has 0 amide bonds. The summed E-state index contributed by atoms with van der Waals surface area (Å²) in [5.41, 5.74) is 2.75. The van der Waals surface area contributed by atoms with Gasteiger partial charge in [0.2, 0.25) is 0 Å². The summed E-state index contributed by atoms with van der Waals surface area (Å²) < 4.78 is 0. The van der Waals surface area contributed by atoms with Crippen LogP contribution in [0.4, 0.5) is 0 Å². The van der Waals surface area contributed by atoms with Gasteiger partial charge >= 0.3 is 0 Å². The Labute approximate surface area is 112 Å². The first kappa shape index (κ1) is 14.5. The first-order chi connectivity index (χ1) is 8.61. The third-order valence-electron chi connectivity index (χ3n) is 2.60. The lowest BCUT2D eigenvalue weighted by molar-refractivity contribution is 0.505. The van der Waals surface area contributed by atoms with Crippen LogP contribution < -0.4 is 0 Å². The van der Waals surface area contributed by atoms with Gasteiger partial charge in [-0.2, -0.15) is 0 Å². The van der Waals surface area contributed by atoms with Crippen molar-refractivity contribution in [3.63, 3.8) is 0 Å². The Bertz CT molecular complexity index is 383. The standard InChI is InChI=1S/C13H13B.C3H9N/c14-13(11-7-3-1-4-8-11)12-9-5-2-6-10-12;1-4(2)3/h1-10,13H,14H2;1-3H3.